The molecule has 0 spiro atoms. The fraction of sp³-hybridized carbons (Fsp3) is 0.500. The zero-order valence-electron chi connectivity index (χ0n) is 17.8. The number of benzene rings is 2. The highest BCUT2D eigenvalue weighted by atomic mass is 19.4. The first-order valence-corrected chi connectivity index (χ1v) is 10.8. The van der Waals surface area contributed by atoms with Crippen molar-refractivity contribution in [3.63, 3.8) is 0 Å². The van der Waals surface area contributed by atoms with E-state index in [1.54, 1.807) is 12.1 Å². The highest BCUT2D eigenvalue weighted by Gasteiger charge is 2.44. The molecule has 1 aliphatic heterocycles. The van der Waals surface area contributed by atoms with E-state index >= 15 is 0 Å². The highest BCUT2D eigenvalue weighted by molar-refractivity contribution is 5.35. The van der Waals surface area contributed by atoms with Gasteiger partial charge in [0.1, 0.15) is 5.82 Å². The lowest BCUT2D eigenvalue weighted by molar-refractivity contribution is -0.143. The van der Waals surface area contributed by atoms with Gasteiger partial charge in [0.15, 0.2) is 0 Å². The number of nitrogens with one attached hydrogen (secondary N) is 1. The molecule has 5 atom stereocenters. The Bertz CT molecular complexity index is 938. The minimum Gasteiger partial charge on any atom is -0.370 e. The first kappa shape index (κ1) is 24.0. The molecule has 2 aromatic carbocycles. The predicted octanol–water partition coefficient (Wildman–Crippen LogP) is 6.72. The van der Waals surface area contributed by atoms with Crippen LogP contribution in [0.15, 0.2) is 42.5 Å². The molecule has 1 saturated heterocycles. The second-order valence-corrected chi connectivity index (χ2v) is 8.89. The van der Waals surface area contributed by atoms with Crippen molar-refractivity contribution in [3.8, 4) is 0 Å². The van der Waals surface area contributed by atoms with Gasteiger partial charge in [-0.3, -0.25) is 0 Å². The summed E-state index contributed by atoms with van der Waals surface area (Å²) in [6, 6.07) is 7.61. The Morgan fingerprint density at radius 3 is 2.06 bits per heavy atom. The summed E-state index contributed by atoms with van der Waals surface area (Å²) in [6.07, 6.45) is -9.80. The number of fused-ring (bicyclic) bond motifs is 1. The molecule has 2 nitrogen and oxygen atoms in total. The highest BCUT2D eigenvalue weighted by Crippen LogP contribution is 2.46. The maximum atomic E-state index is 13.5. The molecule has 2 aromatic rings. The number of alkyl halides is 6. The zero-order valence-corrected chi connectivity index (χ0v) is 17.8. The van der Waals surface area contributed by atoms with Gasteiger partial charge in [0, 0.05) is 5.92 Å². The molecule has 1 heterocycles. The minimum absolute atomic E-state index is 0.118. The normalized spacial score (nSPS) is 26.8. The molecule has 2 aliphatic rings. The number of hydrogen-bond acceptors (Lipinski definition) is 2. The molecule has 0 aromatic heterocycles. The summed E-state index contributed by atoms with van der Waals surface area (Å²) in [5, 5.41) is 3.35. The average molecular weight is 475 g/mol. The van der Waals surface area contributed by atoms with Crippen molar-refractivity contribution in [1.29, 1.82) is 0 Å². The van der Waals surface area contributed by atoms with Crippen LogP contribution < -0.4 is 5.32 Å². The monoisotopic (exact) mass is 475 g/mol. The SMILES string of the molecule is C[C@H](O[C@@H]1CCC2CNC[C@@H]2[C@H]1c1ccc(F)cc1)c1cc(C(F)(F)F)cc(C(F)(F)F)c1. The second kappa shape index (κ2) is 8.91. The molecule has 1 unspecified atom stereocenters. The Kier molecular flexibility index (Phi) is 6.48. The Labute approximate surface area is 187 Å². The van der Waals surface area contributed by atoms with Crippen LogP contribution in [0, 0.1) is 17.7 Å². The molecule has 0 bridgehead atoms. The minimum atomic E-state index is -4.92. The second-order valence-electron chi connectivity index (χ2n) is 8.89. The van der Waals surface area contributed by atoms with Gasteiger partial charge in [0.25, 0.3) is 0 Å². The van der Waals surface area contributed by atoms with Crippen LogP contribution >= 0.6 is 0 Å². The third kappa shape index (κ3) is 5.19. The largest absolute Gasteiger partial charge is 0.416 e. The van der Waals surface area contributed by atoms with Gasteiger partial charge in [-0.2, -0.15) is 26.3 Å². The summed E-state index contributed by atoms with van der Waals surface area (Å²) in [4.78, 5) is 0. The summed E-state index contributed by atoms with van der Waals surface area (Å²) in [6.45, 7) is 3.03. The van der Waals surface area contributed by atoms with Gasteiger partial charge in [0.2, 0.25) is 0 Å². The lowest BCUT2D eigenvalue weighted by atomic mass is 9.69. The molecule has 9 heteroatoms. The third-order valence-electron chi connectivity index (χ3n) is 6.79. The van der Waals surface area contributed by atoms with Crippen molar-refractivity contribution in [2.45, 2.75) is 50.2 Å². The van der Waals surface area contributed by atoms with Crippen LogP contribution in [-0.2, 0) is 17.1 Å². The average Bonchev–Trinajstić information content (AvgIpc) is 3.21. The summed E-state index contributed by atoms with van der Waals surface area (Å²) >= 11 is 0. The van der Waals surface area contributed by atoms with Crippen LogP contribution in [0.5, 0.6) is 0 Å². The van der Waals surface area contributed by atoms with E-state index in [-0.39, 0.29) is 29.3 Å². The van der Waals surface area contributed by atoms with E-state index < -0.39 is 35.7 Å². The molecule has 2 fully saturated rings. The predicted molar refractivity (Wildman–Crippen MR) is 108 cm³/mol. The molecular weight excluding hydrogens is 451 g/mol. The topological polar surface area (TPSA) is 21.3 Å². The number of halogens is 7. The van der Waals surface area contributed by atoms with Crippen LogP contribution in [0.2, 0.25) is 0 Å². The van der Waals surface area contributed by atoms with Gasteiger partial charge < -0.3 is 10.1 Å². The Hall–Kier alpha value is -2.13. The van der Waals surface area contributed by atoms with Crippen molar-refractivity contribution >= 4 is 0 Å². The summed E-state index contributed by atoms with van der Waals surface area (Å²) in [5.41, 5.74) is -2.04. The lowest BCUT2D eigenvalue weighted by Crippen LogP contribution is -2.38. The van der Waals surface area contributed by atoms with E-state index in [1.807, 2.05) is 0 Å². The van der Waals surface area contributed by atoms with E-state index in [0.29, 0.717) is 12.3 Å². The van der Waals surface area contributed by atoms with Gasteiger partial charge in [-0.15, -0.1) is 0 Å². The van der Waals surface area contributed by atoms with E-state index in [4.69, 9.17) is 4.74 Å². The molecule has 180 valence electrons. The third-order valence-corrected chi connectivity index (χ3v) is 6.79. The fourth-order valence-electron chi connectivity index (χ4n) is 5.18. The summed E-state index contributed by atoms with van der Waals surface area (Å²) in [5.74, 6) is 0.0501. The smallest absolute Gasteiger partial charge is 0.370 e. The van der Waals surface area contributed by atoms with Crippen LogP contribution in [0.3, 0.4) is 0 Å². The van der Waals surface area contributed by atoms with Crippen molar-refractivity contribution in [2.24, 2.45) is 11.8 Å². The molecule has 0 radical (unpaired) electrons. The van der Waals surface area contributed by atoms with Gasteiger partial charge in [0.05, 0.1) is 23.3 Å². The maximum Gasteiger partial charge on any atom is 0.416 e. The Balaban J connectivity index is 1.65. The van der Waals surface area contributed by atoms with Crippen molar-refractivity contribution < 1.29 is 35.5 Å². The van der Waals surface area contributed by atoms with E-state index in [1.165, 1.54) is 19.1 Å². The molecule has 0 amide bonds. The van der Waals surface area contributed by atoms with Crippen LogP contribution in [0.4, 0.5) is 30.7 Å². The van der Waals surface area contributed by atoms with Crippen LogP contribution in [0.1, 0.15) is 54.0 Å². The van der Waals surface area contributed by atoms with Gasteiger partial charge in [-0.1, -0.05) is 12.1 Å². The van der Waals surface area contributed by atoms with Crippen molar-refractivity contribution in [1.82, 2.24) is 5.32 Å². The summed E-state index contributed by atoms with van der Waals surface area (Å²) in [7, 11) is 0. The van der Waals surface area contributed by atoms with Crippen LogP contribution in [0.25, 0.3) is 0 Å². The van der Waals surface area contributed by atoms with E-state index in [2.05, 4.69) is 5.32 Å². The molecule has 4 rings (SSSR count). The van der Waals surface area contributed by atoms with E-state index in [0.717, 1.165) is 37.2 Å². The summed E-state index contributed by atoms with van der Waals surface area (Å²) < 4.78 is 99.3. The van der Waals surface area contributed by atoms with Gasteiger partial charge in [-0.25, -0.2) is 4.39 Å². The van der Waals surface area contributed by atoms with Crippen molar-refractivity contribution in [3.05, 3.63) is 70.5 Å². The van der Waals surface area contributed by atoms with Gasteiger partial charge in [-0.05, 0) is 86.1 Å². The molecular formula is C24H24F7NO. The number of hydrogen-bond donors (Lipinski definition) is 1. The van der Waals surface area contributed by atoms with E-state index in [9.17, 15) is 30.7 Å². The molecule has 1 N–H and O–H groups in total. The molecule has 1 saturated carbocycles. The Morgan fingerprint density at radius 1 is 0.879 bits per heavy atom. The zero-order chi connectivity index (χ0) is 24.0. The van der Waals surface area contributed by atoms with Gasteiger partial charge >= 0.3 is 12.4 Å². The lowest BCUT2D eigenvalue weighted by Gasteiger charge is -2.41. The quantitative estimate of drug-likeness (QED) is 0.496. The Morgan fingerprint density at radius 2 is 1.48 bits per heavy atom. The first-order chi connectivity index (χ1) is 15.4. The maximum absolute atomic E-state index is 13.5. The first-order valence-electron chi connectivity index (χ1n) is 10.8. The molecule has 33 heavy (non-hydrogen) atoms. The molecule has 1 aliphatic carbocycles. The number of rotatable bonds is 4. The standard InChI is InChI=1S/C24H24F7NO/c1-13(16-8-17(23(26,27)28)10-18(9-16)24(29,30)31)33-21-7-4-15-11-32-12-20(15)22(21)14-2-5-19(25)6-3-14/h2-3,5-6,8-10,13,15,20-22,32H,4,7,11-12H2,1H3/t13-,15?,20-,21+,22+/m0/s1. The fourth-order valence-corrected chi connectivity index (χ4v) is 5.18. The number of ether oxygens (including phenoxy) is 1. The van der Waals surface area contributed by atoms with Crippen LogP contribution in [-0.4, -0.2) is 19.2 Å². The van der Waals surface area contributed by atoms with Crippen molar-refractivity contribution in [2.75, 3.05) is 13.1 Å².